The molecule has 2 aromatic carbocycles. The zero-order chi connectivity index (χ0) is 13.0. The number of hydrogen-bond donors (Lipinski definition) is 1. The third kappa shape index (κ3) is 2.82. The minimum absolute atomic E-state index is 0.386. The van der Waals surface area contributed by atoms with Crippen LogP contribution in [0.4, 0.5) is 5.69 Å². The first-order valence-corrected chi connectivity index (χ1v) is 6.16. The van der Waals surface area contributed by atoms with Gasteiger partial charge in [-0.3, -0.25) is 0 Å². The molecule has 0 aliphatic carbocycles. The average molecular weight is 303 g/mol. The third-order valence-electron chi connectivity index (χ3n) is 2.49. The predicted octanol–water partition coefficient (Wildman–Crippen LogP) is 3.48. The van der Waals surface area contributed by atoms with E-state index in [1.165, 1.54) is 0 Å². The van der Waals surface area contributed by atoms with Gasteiger partial charge in [0.2, 0.25) is 0 Å². The van der Waals surface area contributed by atoms with Gasteiger partial charge in [-0.15, -0.1) is 0 Å². The Bertz CT molecular complexity index is 588. The van der Waals surface area contributed by atoms with E-state index in [4.69, 9.17) is 15.7 Å². The van der Waals surface area contributed by atoms with Gasteiger partial charge in [0.15, 0.2) is 0 Å². The number of nitrogens with two attached hydrogens (primary N) is 1. The van der Waals surface area contributed by atoms with Crippen molar-refractivity contribution in [2.45, 2.75) is 6.61 Å². The average Bonchev–Trinajstić information content (AvgIpc) is 2.39. The lowest BCUT2D eigenvalue weighted by Gasteiger charge is -2.09. The summed E-state index contributed by atoms with van der Waals surface area (Å²) in [5, 5.41) is 8.87. The van der Waals surface area contributed by atoms with Crippen LogP contribution in [0.1, 0.15) is 11.1 Å². The number of halogens is 1. The standard InChI is InChI=1S/C14H11BrN2O/c15-12-6-4-10(5-7-12)9-18-13-3-1-2-11(8-16)14(13)17/h1-7H,9,17H2. The molecule has 4 heteroatoms. The van der Waals surface area contributed by atoms with Crippen molar-refractivity contribution in [2.24, 2.45) is 0 Å². The summed E-state index contributed by atoms with van der Waals surface area (Å²) in [5.74, 6) is 0.539. The van der Waals surface area contributed by atoms with Crippen LogP contribution >= 0.6 is 15.9 Å². The van der Waals surface area contributed by atoms with Crippen LogP contribution in [-0.2, 0) is 6.61 Å². The number of nitrogen functional groups attached to an aromatic ring is 1. The zero-order valence-corrected chi connectivity index (χ0v) is 11.1. The highest BCUT2D eigenvalue weighted by Gasteiger charge is 2.05. The van der Waals surface area contributed by atoms with Crippen molar-refractivity contribution in [3.05, 3.63) is 58.1 Å². The van der Waals surface area contributed by atoms with Crippen LogP contribution in [0.15, 0.2) is 46.9 Å². The molecular formula is C14H11BrN2O. The number of anilines is 1. The maximum Gasteiger partial charge on any atom is 0.144 e. The third-order valence-corrected chi connectivity index (χ3v) is 3.02. The van der Waals surface area contributed by atoms with Crippen molar-refractivity contribution < 1.29 is 4.74 Å². The quantitative estimate of drug-likeness (QED) is 0.883. The number of rotatable bonds is 3. The number of hydrogen-bond acceptors (Lipinski definition) is 3. The normalized spacial score (nSPS) is 9.78. The number of nitriles is 1. The monoisotopic (exact) mass is 302 g/mol. The summed E-state index contributed by atoms with van der Waals surface area (Å²) in [6, 6.07) is 15.1. The van der Waals surface area contributed by atoms with Crippen LogP contribution in [0.2, 0.25) is 0 Å². The molecule has 0 saturated heterocycles. The Morgan fingerprint density at radius 1 is 1.17 bits per heavy atom. The van der Waals surface area contributed by atoms with Gasteiger partial charge in [0.1, 0.15) is 18.4 Å². The highest BCUT2D eigenvalue weighted by atomic mass is 79.9. The Morgan fingerprint density at radius 3 is 2.56 bits per heavy atom. The van der Waals surface area contributed by atoms with Crippen LogP contribution in [-0.4, -0.2) is 0 Å². The van der Waals surface area contributed by atoms with E-state index in [0.717, 1.165) is 10.0 Å². The first kappa shape index (κ1) is 12.5. The fraction of sp³-hybridized carbons (Fsp3) is 0.0714. The summed E-state index contributed by atoms with van der Waals surface area (Å²) in [6.45, 7) is 0.423. The highest BCUT2D eigenvalue weighted by molar-refractivity contribution is 9.10. The molecule has 3 nitrogen and oxygen atoms in total. The molecule has 0 bridgehead atoms. The van der Waals surface area contributed by atoms with E-state index in [1.807, 2.05) is 30.3 Å². The lowest BCUT2D eigenvalue weighted by molar-refractivity contribution is 0.308. The van der Waals surface area contributed by atoms with E-state index in [9.17, 15) is 0 Å². The molecule has 0 atom stereocenters. The Hall–Kier alpha value is -1.99. The largest absolute Gasteiger partial charge is 0.487 e. The molecule has 2 aromatic rings. The van der Waals surface area contributed by atoms with Crippen molar-refractivity contribution in [1.82, 2.24) is 0 Å². The van der Waals surface area contributed by atoms with E-state index in [0.29, 0.717) is 23.6 Å². The fourth-order valence-electron chi connectivity index (χ4n) is 1.51. The van der Waals surface area contributed by atoms with E-state index in [-0.39, 0.29) is 0 Å². The van der Waals surface area contributed by atoms with Crippen molar-refractivity contribution in [3.8, 4) is 11.8 Å². The van der Waals surface area contributed by atoms with Gasteiger partial charge in [-0.2, -0.15) is 5.26 Å². The molecule has 0 saturated carbocycles. The smallest absolute Gasteiger partial charge is 0.144 e. The summed E-state index contributed by atoms with van der Waals surface area (Å²) < 4.78 is 6.64. The van der Waals surface area contributed by atoms with E-state index < -0.39 is 0 Å². The molecular weight excluding hydrogens is 292 g/mol. The molecule has 2 rings (SSSR count). The molecule has 0 aromatic heterocycles. The topological polar surface area (TPSA) is 59.0 Å². The molecule has 2 N–H and O–H groups in total. The number of benzene rings is 2. The minimum Gasteiger partial charge on any atom is -0.487 e. The van der Waals surface area contributed by atoms with Gasteiger partial charge in [-0.1, -0.05) is 34.1 Å². The summed E-state index contributed by atoms with van der Waals surface area (Å²) >= 11 is 3.38. The second-order valence-corrected chi connectivity index (χ2v) is 4.66. The van der Waals surface area contributed by atoms with Gasteiger partial charge >= 0.3 is 0 Å². The predicted molar refractivity (Wildman–Crippen MR) is 74.0 cm³/mol. The second kappa shape index (κ2) is 5.56. The summed E-state index contributed by atoms with van der Waals surface area (Å²) in [5.41, 5.74) is 7.69. The van der Waals surface area contributed by atoms with Gasteiger partial charge in [0, 0.05) is 4.47 Å². The van der Waals surface area contributed by atoms with Gasteiger partial charge in [0.05, 0.1) is 11.3 Å². The molecule has 0 aliphatic heterocycles. The molecule has 0 radical (unpaired) electrons. The molecule has 18 heavy (non-hydrogen) atoms. The van der Waals surface area contributed by atoms with Gasteiger partial charge in [-0.25, -0.2) is 0 Å². The van der Waals surface area contributed by atoms with E-state index in [2.05, 4.69) is 15.9 Å². The molecule has 0 heterocycles. The molecule has 90 valence electrons. The first-order valence-electron chi connectivity index (χ1n) is 5.36. The lowest BCUT2D eigenvalue weighted by Crippen LogP contribution is -2.00. The van der Waals surface area contributed by atoms with Crippen LogP contribution in [0, 0.1) is 11.3 Å². The minimum atomic E-state index is 0.386. The van der Waals surface area contributed by atoms with Crippen molar-refractivity contribution in [2.75, 3.05) is 5.73 Å². The maximum atomic E-state index is 8.87. The molecule has 0 amide bonds. The first-order chi connectivity index (χ1) is 8.70. The number of nitrogens with zero attached hydrogens (tertiary/aromatic N) is 1. The van der Waals surface area contributed by atoms with Crippen LogP contribution in [0.5, 0.6) is 5.75 Å². The zero-order valence-electron chi connectivity index (χ0n) is 9.56. The van der Waals surface area contributed by atoms with Crippen molar-refractivity contribution >= 4 is 21.6 Å². The lowest BCUT2D eigenvalue weighted by atomic mass is 10.2. The SMILES string of the molecule is N#Cc1cccc(OCc2ccc(Br)cc2)c1N. The van der Waals surface area contributed by atoms with Crippen molar-refractivity contribution in [1.29, 1.82) is 5.26 Å². The van der Waals surface area contributed by atoms with Crippen LogP contribution in [0.25, 0.3) is 0 Å². The number of ether oxygens (including phenoxy) is 1. The maximum absolute atomic E-state index is 8.87. The molecule has 0 unspecified atom stereocenters. The van der Waals surface area contributed by atoms with Crippen LogP contribution < -0.4 is 10.5 Å². The fourth-order valence-corrected chi connectivity index (χ4v) is 1.77. The summed E-state index contributed by atoms with van der Waals surface area (Å²) in [4.78, 5) is 0. The Kier molecular flexibility index (Phi) is 3.85. The molecule has 0 spiro atoms. The Labute approximate surface area is 114 Å². The van der Waals surface area contributed by atoms with E-state index >= 15 is 0 Å². The molecule has 0 aliphatic rings. The number of para-hydroxylation sites is 1. The molecule has 0 fully saturated rings. The van der Waals surface area contributed by atoms with Crippen LogP contribution in [0.3, 0.4) is 0 Å². The van der Waals surface area contributed by atoms with Gasteiger partial charge in [-0.05, 0) is 29.8 Å². The van der Waals surface area contributed by atoms with E-state index in [1.54, 1.807) is 18.2 Å². The summed E-state index contributed by atoms with van der Waals surface area (Å²) in [7, 11) is 0. The Morgan fingerprint density at radius 2 is 1.89 bits per heavy atom. The highest BCUT2D eigenvalue weighted by Crippen LogP contribution is 2.25. The van der Waals surface area contributed by atoms with Gasteiger partial charge < -0.3 is 10.5 Å². The van der Waals surface area contributed by atoms with Crippen molar-refractivity contribution in [3.63, 3.8) is 0 Å². The second-order valence-electron chi connectivity index (χ2n) is 3.74. The summed E-state index contributed by atoms with van der Waals surface area (Å²) in [6.07, 6.45) is 0. The Balaban J connectivity index is 2.11. The van der Waals surface area contributed by atoms with Gasteiger partial charge in [0.25, 0.3) is 0 Å².